The molecule has 0 bridgehead atoms. The molecule has 0 unspecified atom stereocenters. The minimum absolute atomic E-state index is 0.246. The lowest BCUT2D eigenvalue weighted by molar-refractivity contribution is 0.163. The number of nitrogens with one attached hydrogen (secondary N) is 1. The molecule has 1 aromatic carbocycles. The Bertz CT molecular complexity index is 936. The van der Waals surface area contributed by atoms with Crippen molar-refractivity contribution in [3.05, 3.63) is 42.6 Å². The van der Waals surface area contributed by atoms with Gasteiger partial charge < -0.3 is 10.4 Å². The van der Waals surface area contributed by atoms with Gasteiger partial charge in [-0.15, -0.1) is 0 Å². The van der Waals surface area contributed by atoms with Gasteiger partial charge in [-0.25, -0.2) is 14.2 Å². The van der Waals surface area contributed by atoms with E-state index in [1.54, 1.807) is 24.5 Å². The molecule has 1 aliphatic carbocycles. The number of amides is 1. The zero-order chi connectivity index (χ0) is 17.4. The molecule has 2 heterocycles. The van der Waals surface area contributed by atoms with E-state index < -0.39 is 11.9 Å². The molecule has 7 nitrogen and oxygen atoms in total. The summed E-state index contributed by atoms with van der Waals surface area (Å²) in [7, 11) is 0. The first-order valence-corrected chi connectivity index (χ1v) is 8.03. The number of hydrogen-bond acceptors (Lipinski definition) is 4. The molecule has 3 aromatic rings. The molecule has 1 fully saturated rings. The van der Waals surface area contributed by atoms with E-state index >= 15 is 0 Å². The Kier molecular flexibility index (Phi) is 3.79. The minimum atomic E-state index is -0.994. The molecule has 2 N–H and O–H groups in total. The van der Waals surface area contributed by atoms with Crippen LogP contribution in [0, 0.1) is 11.7 Å². The van der Waals surface area contributed by atoms with E-state index in [1.807, 2.05) is 10.9 Å². The second-order valence-electron chi connectivity index (χ2n) is 6.25. The van der Waals surface area contributed by atoms with Gasteiger partial charge in [0.25, 0.3) is 0 Å². The summed E-state index contributed by atoms with van der Waals surface area (Å²) in [5.74, 6) is -0.0599. The van der Waals surface area contributed by atoms with Gasteiger partial charge in [0.1, 0.15) is 5.52 Å². The Hall–Kier alpha value is -3.03. The third-order valence-corrected chi connectivity index (χ3v) is 4.55. The molecule has 1 saturated carbocycles. The van der Waals surface area contributed by atoms with Gasteiger partial charge in [0, 0.05) is 18.3 Å². The average molecular weight is 341 g/mol. The lowest BCUT2D eigenvalue weighted by Gasteiger charge is -2.35. The molecule has 0 spiro atoms. The zero-order valence-electron chi connectivity index (χ0n) is 13.3. The number of benzene rings is 1. The van der Waals surface area contributed by atoms with Crippen LogP contribution in [0.2, 0.25) is 0 Å². The van der Waals surface area contributed by atoms with E-state index in [0.717, 1.165) is 18.4 Å². The molecule has 0 saturated heterocycles. The molecule has 2 aromatic heterocycles. The van der Waals surface area contributed by atoms with Crippen molar-refractivity contribution in [2.24, 2.45) is 5.92 Å². The van der Waals surface area contributed by atoms with Gasteiger partial charge in [-0.05, 0) is 30.9 Å². The fourth-order valence-electron chi connectivity index (χ4n) is 3.12. The molecule has 128 valence electrons. The Morgan fingerprint density at radius 3 is 3.00 bits per heavy atom. The van der Waals surface area contributed by atoms with E-state index in [1.165, 1.54) is 6.07 Å². The molecule has 1 amide bonds. The molecule has 0 radical (unpaired) electrons. The normalized spacial score (nSPS) is 19.6. The summed E-state index contributed by atoms with van der Waals surface area (Å²) < 4.78 is 15.7. The molecular weight excluding hydrogens is 325 g/mol. The van der Waals surface area contributed by atoms with E-state index in [2.05, 4.69) is 20.4 Å². The fourth-order valence-corrected chi connectivity index (χ4v) is 3.12. The number of fused-ring (bicyclic) bond motifs is 1. The first kappa shape index (κ1) is 15.5. The molecule has 8 heteroatoms. The van der Waals surface area contributed by atoms with Crippen LogP contribution in [0.15, 0.2) is 36.8 Å². The summed E-state index contributed by atoms with van der Waals surface area (Å²) in [6.07, 6.45) is 5.94. The summed E-state index contributed by atoms with van der Waals surface area (Å²) in [4.78, 5) is 19.1. The maximum absolute atomic E-state index is 13.9. The predicted molar refractivity (Wildman–Crippen MR) is 88.5 cm³/mol. The lowest BCUT2D eigenvalue weighted by Crippen LogP contribution is -2.36. The van der Waals surface area contributed by atoms with Crippen LogP contribution in [-0.4, -0.2) is 37.5 Å². The standard InChI is InChI=1S/C17H16FN5O2/c18-13-2-1-3-14-16(13)22-15(8-19-14)11-7-21-23(9-11)12-4-10(5-12)6-20-17(24)25/h1-3,7-10,12,20H,4-6H2,(H,24,25). The second-order valence-corrected chi connectivity index (χ2v) is 6.25. The number of nitrogens with zero attached hydrogens (tertiary/aromatic N) is 4. The summed E-state index contributed by atoms with van der Waals surface area (Å²) in [6, 6.07) is 4.94. The highest BCUT2D eigenvalue weighted by molar-refractivity contribution is 5.77. The third kappa shape index (κ3) is 3.02. The smallest absolute Gasteiger partial charge is 0.404 e. The lowest BCUT2D eigenvalue weighted by atomic mass is 9.80. The van der Waals surface area contributed by atoms with Crippen LogP contribution in [0.1, 0.15) is 18.9 Å². The number of aromatic nitrogens is 4. The van der Waals surface area contributed by atoms with Gasteiger partial charge in [-0.2, -0.15) is 5.10 Å². The monoisotopic (exact) mass is 341 g/mol. The summed E-state index contributed by atoms with van der Waals surface area (Å²) in [5, 5.41) is 15.4. The molecule has 4 rings (SSSR count). The maximum Gasteiger partial charge on any atom is 0.404 e. The van der Waals surface area contributed by atoms with E-state index in [4.69, 9.17) is 5.11 Å². The van der Waals surface area contributed by atoms with Crippen LogP contribution in [0.25, 0.3) is 22.3 Å². The summed E-state index contributed by atoms with van der Waals surface area (Å²) in [6.45, 7) is 0.468. The first-order valence-electron chi connectivity index (χ1n) is 8.03. The molecule has 25 heavy (non-hydrogen) atoms. The minimum Gasteiger partial charge on any atom is -0.465 e. The van der Waals surface area contributed by atoms with Crippen LogP contribution in [0.4, 0.5) is 9.18 Å². The third-order valence-electron chi connectivity index (χ3n) is 4.55. The van der Waals surface area contributed by atoms with Crippen LogP contribution in [0.5, 0.6) is 0 Å². The largest absolute Gasteiger partial charge is 0.465 e. The topological polar surface area (TPSA) is 92.9 Å². The van der Waals surface area contributed by atoms with Crippen molar-refractivity contribution in [3.63, 3.8) is 0 Å². The number of rotatable bonds is 4. The molecule has 0 aliphatic heterocycles. The number of carboxylic acid groups (broad SMARTS) is 1. The van der Waals surface area contributed by atoms with Crippen LogP contribution in [-0.2, 0) is 0 Å². The van der Waals surface area contributed by atoms with Gasteiger partial charge in [0.05, 0.1) is 29.6 Å². The Balaban J connectivity index is 1.49. The van der Waals surface area contributed by atoms with Crippen molar-refractivity contribution in [2.75, 3.05) is 6.54 Å². The van der Waals surface area contributed by atoms with Crippen molar-refractivity contribution in [2.45, 2.75) is 18.9 Å². The molecule has 1 aliphatic rings. The van der Waals surface area contributed by atoms with E-state index in [-0.39, 0.29) is 11.6 Å². The number of hydrogen-bond donors (Lipinski definition) is 2. The number of carbonyl (C=O) groups is 1. The summed E-state index contributed by atoms with van der Waals surface area (Å²) in [5.41, 5.74) is 2.12. The highest BCUT2D eigenvalue weighted by atomic mass is 19.1. The predicted octanol–water partition coefficient (Wildman–Crippen LogP) is 2.85. The van der Waals surface area contributed by atoms with E-state index in [9.17, 15) is 9.18 Å². The van der Waals surface area contributed by atoms with Crippen molar-refractivity contribution >= 4 is 17.1 Å². The van der Waals surface area contributed by atoms with Gasteiger partial charge in [0.2, 0.25) is 0 Å². The zero-order valence-corrected chi connectivity index (χ0v) is 13.3. The van der Waals surface area contributed by atoms with Crippen molar-refractivity contribution in [3.8, 4) is 11.3 Å². The highest BCUT2D eigenvalue weighted by Crippen LogP contribution is 2.37. The quantitative estimate of drug-likeness (QED) is 0.761. The van der Waals surface area contributed by atoms with Crippen LogP contribution in [0.3, 0.4) is 0 Å². The fraction of sp³-hybridized carbons (Fsp3) is 0.294. The van der Waals surface area contributed by atoms with Crippen molar-refractivity contribution in [1.82, 2.24) is 25.1 Å². The number of para-hydroxylation sites is 1. The molecule has 0 atom stereocenters. The number of halogens is 1. The Labute approximate surface area is 142 Å². The van der Waals surface area contributed by atoms with Gasteiger partial charge in [-0.1, -0.05) is 6.07 Å². The highest BCUT2D eigenvalue weighted by Gasteiger charge is 2.31. The van der Waals surface area contributed by atoms with Crippen LogP contribution >= 0.6 is 0 Å². The summed E-state index contributed by atoms with van der Waals surface area (Å²) >= 11 is 0. The SMILES string of the molecule is O=C(O)NCC1CC(n2cc(-c3cnc4cccc(F)c4n3)cn2)C1. The first-order chi connectivity index (χ1) is 12.1. The van der Waals surface area contributed by atoms with Gasteiger partial charge >= 0.3 is 6.09 Å². The Morgan fingerprint density at radius 1 is 1.36 bits per heavy atom. The van der Waals surface area contributed by atoms with Crippen molar-refractivity contribution in [1.29, 1.82) is 0 Å². The Morgan fingerprint density at radius 2 is 2.20 bits per heavy atom. The molecular formula is C17H16FN5O2. The van der Waals surface area contributed by atoms with Gasteiger partial charge in [-0.3, -0.25) is 9.67 Å². The van der Waals surface area contributed by atoms with E-state index in [0.29, 0.717) is 23.7 Å². The maximum atomic E-state index is 13.9. The van der Waals surface area contributed by atoms with Gasteiger partial charge in [0.15, 0.2) is 5.82 Å². The second kappa shape index (κ2) is 6.12. The van der Waals surface area contributed by atoms with Crippen molar-refractivity contribution < 1.29 is 14.3 Å². The average Bonchev–Trinajstić information content (AvgIpc) is 3.03. The van der Waals surface area contributed by atoms with Crippen LogP contribution < -0.4 is 5.32 Å².